The van der Waals surface area contributed by atoms with Crippen LogP contribution in [0.25, 0.3) is 0 Å². The molecule has 0 unspecified atom stereocenters. The highest BCUT2D eigenvalue weighted by Crippen LogP contribution is 2.27. The molecule has 17 heavy (non-hydrogen) atoms. The molecular weight excluding hydrogens is 224 g/mol. The molecule has 0 amide bonds. The predicted octanol–water partition coefficient (Wildman–Crippen LogP) is 1.45. The molecule has 0 radical (unpaired) electrons. The number of methoxy groups -OCH3 is 2. The van der Waals surface area contributed by atoms with Gasteiger partial charge in [-0.25, -0.2) is 4.79 Å². The molecule has 0 aliphatic carbocycles. The quantitative estimate of drug-likeness (QED) is 0.441. The van der Waals surface area contributed by atoms with Gasteiger partial charge in [-0.15, -0.1) is 0 Å². The largest absolute Gasteiger partial charge is 0.493 e. The van der Waals surface area contributed by atoms with Crippen molar-refractivity contribution in [1.82, 2.24) is 0 Å². The maximum Gasteiger partial charge on any atom is 0.340 e. The second kappa shape index (κ2) is 6.00. The summed E-state index contributed by atoms with van der Waals surface area (Å²) >= 11 is 0. The number of ether oxygens (including phenoxy) is 3. The van der Waals surface area contributed by atoms with Crippen LogP contribution in [0.1, 0.15) is 17.3 Å². The molecule has 0 heterocycles. The van der Waals surface area contributed by atoms with Crippen LogP contribution in [0.4, 0.5) is 0 Å². The van der Waals surface area contributed by atoms with E-state index in [0.29, 0.717) is 17.6 Å². The first-order chi connectivity index (χ1) is 8.12. The van der Waals surface area contributed by atoms with E-state index in [1.807, 2.05) is 0 Å². The summed E-state index contributed by atoms with van der Waals surface area (Å²) in [6.07, 6.45) is 0.0248. The molecule has 5 nitrogen and oxygen atoms in total. The number of esters is 1. The van der Waals surface area contributed by atoms with Gasteiger partial charge in [0.1, 0.15) is 6.29 Å². The van der Waals surface area contributed by atoms with Crippen molar-refractivity contribution < 1.29 is 23.8 Å². The third-order valence-electron chi connectivity index (χ3n) is 2.22. The Morgan fingerprint density at radius 1 is 1.29 bits per heavy atom. The van der Waals surface area contributed by atoms with Crippen LogP contribution in [0.3, 0.4) is 0 Å². The van der Waals surface area contributed by atoms with E-state index in [1.54, 1.807) is 6.92 Å². The predicted molar refractivity (Wildman–Crippen MR) is 60.5 cm³/mol. The Labute approximate surface area is 99.3 Å². The van der Waals surface area contributed by atoms with E-state index < -0.39 is 12.1 Å². The van der Waals surface area contributed by atoms with Gasteiger partial charge in [-0.3, -0.25) is 4.79 Å². The minimum Gasteiger partial charge on any atom is -0.493 e. The number of rotatable bonds is 5. The van der Waals surface area contributed by atoms with Crippen LogP contribution in [-0.2, 0) is 9.53 Å². The van der Waals surface area contributed by atoms with Gasteiger partial charge in [0.25, 0.3) is 0 Å². The lowest BCUT2D eigenvalue weighted by molar-refractivity contribution is -0.144. The van der Waals surface area contributed by atoms with Crippen molar-refractivity contribution in [2.75, 3.05) is 14.2 Å². The normalized spacial score (nSPS) is 11.7. The van der Waals surface area contributed by atoms with E-state index in [1.165, 1.54) is 32.4 Å². The van der Waals surface area contributed by atoms with Gasteiger partial charge in [-0.2, -0.15) is 0 Å². The molecule has 0 aliphatic heterocycles. The summed E-state index contributed by atoms with van der Waals surface area (Å²) in [6.45, 7) is 1.58. The fraction of sp³-hybridized carbons (Fsp3) is 0.333. The van der Waals surface area contributed by atoms with Gasteiger partial charge >= 0.3 is 5.97 Å². The van der Waals surface area contributed by atoms with Crippen LogP contribution in [-0.4, -0.2) is 32.6 Å². The highest BCUT2D eigenvalue weighted by atomic mass is 16.6. The van der Waals surface area contributed by atoms with Crippen LogP contribution >= 0.6 is 0 Å². The van der Waals surface area contributed by atoms with Crippen LogP contribution in [0.2, 0.25) is 0 Å². The van der Waals surface area contributed by atoms with Crippen molar-refractivity contribution in [1.29, 1.82) is 0 Å². The van der Waals surface area contributed by atoms with E-state index in [0.717, 1.165) is 0 Å². The summed E-state index contributed by atoms with van der Waals surface area (Å²) in [5.41, 5.74) is 0.446. The van der Waals surface area contributed by atoms with Crippen LogP contribution in [0.15, 0.2) is 18.2 Å². The lowest BCUT2D eigenvalue weighted by Crippen LogP contribution is -2.24. The van der Waals surface area contributed by atoms with Gasteiger partial charge in [0.15, 0.2) is 17.6 Å². The third kappa shape index (κ3) is 3.29. The number of hydrogen-bond donors (Lipinski definition) is 0. The molecule has 0 spiro atoms. The first kappa shape index (κ1) is 13.2. The lowest BCUT2D eigenvalue weighted by atomic mass is 10.2. The Kier molecular flexibility index (Phi) is 4.66. The summed E-state index contributed by atoms with van der Waals surface area (Å²) in [4.78, 5) is 22.1. The molecule has 92 valence electrons. The van der Waals surface area contributed by atoms with E-state index in [9.17, 15) is 9.59 Å². The fourth-order valence-corrected chi connectivity index (χ4v) is 1.13. The van der Waals surface area contributed by atoms with E-state index in [-0.39, 0.29) is 5.75 Å². The standard InChI is InChI=1S/C12H14O5/c1-8(15-2)12(14)17-10-5-4-9(7-13)6-11(10)16-3/h4-8H,1-3H3/t8-/m1/s1. The summed E-state index contributed by atoms with van der Waals surface area (Å²) in [5.74, 6) is 0.0582. The topological polar surface area (TPSA) is 61.8 Å². The molecule has 1 aromatic carbocycles. The van der Waals surface area contributed by atoms with Crippen molar-refractivity contribution in [2.24, 2.45) is 0 Å². The molecule has 1 aromatic rings. The second-order valence-corrected chi connectivity index (χ2v) is 3.33. The smallest absolute Gasteiger partial charge is 0.340 e. The number of carbonyl (C=O) groups is 2. The van der Waals surface area contributed by atoms with Gasteiger partial charge in [-0.1, -0.05) is 0 Å². The Bertz CT molecular complexity index is 413. The molecule has 0 bridgehead atoms. The van der Waals surface area contributed by atoms with Crippen LogP contribution < -0.4 is 9.47 Å². The average Bonchev–Trinajstić information content (AvgIpc) is 2.37. The monoisotopic (exact) mass is 238 g/mol. The van der Waals surface area contributed by atoms with Crippen molar-refractivity contribution in [3.05, 3.63) is 23.8 Å². The average molecular weight is 238 g/mol. The lowest BCUT2D eigenvalue weighted by Gasteiger charge is -2.12. The van der Waals surface area contributed by atoms with Crippen molar-refractivity contribution in [3.63, 3.8) is 0 Å². The molecular formula is C12H14O5. The summed E-state index contributed by atoms with van der Waals surface area (Å²) < 4.78 is 14.9. The zero-order valence-corrected chi connectivity index (χ0v) is 9.93. The molecule has 0 saturated heterocycles. The zero-order chi connectivity index (χ0) is 12.8. The minimum atomic E-state index is -0.662. The summed E-state index contributed by atoms with van der Waals surface area (Å²) in [7, 11) is 2.85. The Balaban J connectivity index is 2.90. The Morgan fingerprint density at radius 3 is 2.53 bits per heavy atom. The molecule has 0 saturated carbocycles. The maximum absolute atomic E-state index is 11.5. The van der Waals surface area contributed by atoms with Crippen LogP contribution in [0.5, 0.6) is 11.5 Å². The number of benzene rings is 1. The minimum absolute atomic E-state index is 0.256. The number of carbonyl (C=O) groups excluding carboxylic acids is 2. The van der Waals surface area contributed by atoms with Gasteiger partial charge in [0.2, 0.25) is 0 Å². The SMILES string of the molecule is COc1cc(C=O)ccc1OC(=O)[C@@H](C)OC. The first-order valence-electron chi connectivity index (χ1n) is 5.00. The maximum atomic E-state index is 11.5. The van der Waals surface area contributed by atoms with Crippen molar-refractivity contribution in [2.45, 2.75) is 13.0 Å². The highest BCUT2D eigenvalue weighted by molar-refractivity contribution is 5.79. The molecule has 0 fully saturated rings. The van der Waals surface area contributed by atoms with E-state index in [2.05, 4.69) is 0 Å². The zero-order valence-electron chi connectivity index (χ0n) is 9.93. The molecule has 0 aromatic heterocycles. The third-order valence-corrected chi connectivity index (χ3v) is 2.22. The van der Waals surface area contributed by atoms with Crippen molar-refractivity contribution >= 4 is 12.3 Å². The van der Waals surface area contributed by atoms with Gasteiger partial charge in [-0.05, 0) is 25.1 Å². The molecule has 0 N–H and O–H groups in total. The Morgan fingerprint density at radius 2 is 2.00 bits per heavy atom. The first-order valence-corrected chi connectivity index (χ1v) is 5.00. The second-order valence-electron chi connectivity index (χ2n) is 3.33. The number of hydrogen-bond acceptors (Lipinski definition) is 5. The summed E-state index contributed by atoms with van der Waals surface area (Å²) in [6, 6.07) is 4.53. The number of aldehydes is 1. The van der Waals surface area contributed by atoms with Gasteiger partial charge < -0.3 is 14.2 Å². The van der Waals surface area contributed by atoms with Gasteiger partial charge in [0, 0.05) is 12.7 Å². The molecule has 0 aliphatic rings. The summed E-state index contributed by atoms with van der Waals surface area (Å²) in [5, 5.41) is 0. The molecule has 1 rings (SSSR count). The van der Waals surface area contributed by atoms with Crippen molar-refractivity contribution in [3.8, 4) is 11.5 Å². The van der Waals surface area contributed by atoms with Crippen LogP contribution in [0, 0.1) is 0 Å². The van der Waals surface area contributed by atoms with Gasteiger partial charge in [0.05, 0.1) is 7.11 Å². The highest BCUT2D eigenvalue weighted by Gasteiger charge is 2.16. The van der Waals surface area contributed by atoms with E-state index >= 15 is 0 Å². The van der Waals surface area contributed by atoms with E-state index in [4.69, 9.17) is 14.2 Å². The fourth-order valence-electron chi connectivity index (χ4n) is 1.13. The Hall–Kier alpha value is -1.88. The molecule has 1 atom stereocenters. The molecule has 5 heteroatoms.